The predicted octanol–water partition coefficient (Wildman–Crippen LogP) is 3.28. The number of hydrogen-bond acceptors (Lipinski definition) is 2. The van der Waals surface area contributed by atoms with Gasteiger partial charge in [0.1, 0.15) is 0 Å². The molecule has 0 bridgehead atoms. The highest BCUT2D eigenvalue weighted by Crippen LogP contribution is 2.26. The van der Waals surface area contributed by atoms with Crippen molar-refractivity contribution in [2.24, 2.45) is 0 Å². The van der Waals surface area contributed by atoms with Gasteiger partial charge >= 0.3 is 5.97 Å². The van der Waals surface area contributed by atoms with E-state index in [1.54, 1.807) is 0 Å². The Morgan fingerprint density at radius 3 is 2.53 bits per heavy atom. The van der Waals surface area contributed by atoms with Gasteiger partial charge in [0.25, 0.3) is 0 Å². The van der Waals surface area contributed by atoms with Gasteiger partial charge in [0.2, 0.25) is 0 Å². The summed E-state index contributed by atoms with van der Waals surface area (Å²) in [6.07, 6.45) is 9.75. The van der Waals surface area contributed by atoms with Crippen LogP contribution in [0.4, 0.5) is 0 Å². The normalized spacial score (nSPS) is 18.8. The van der Waals surface area contributed by atoms with E-state index in [1.807, 2.05) is 0 Å². The lowest BCUT2D eigenvalue weighted by molar-refractivity contribution is -0.139. The third kappa shape index (κ3) is 5.07. The first kappa shape index (κ1) is 14.5. The molecule has 3 nitrogen and oxygen atoms in total. The van der Waals surface area contributed by atoms with Crippen molar-refractivity contribution in [3.05, 3.63) is 0 Å². The number of nitrogens with zero attached hydrogens (tertiary/aromatic N) is 1. The molecule has 1 saturated carbocycles. The highest BCUT2D eigenvalue weighted by atomic mass is 16.4. The molecule has 3 heteroatoms. The lowest BCUT2D eigenvalue weighted by Crippen LogP contribution is -2.43. The van der Waals surface area contributed by atoms with Crippen molar-refractivity contribution in [3.63, 3.8) is 0 Å². The van der Waals surface area contributed by atoms with Crippen LogP contribution in [0.15, 0.2) is 0 Å². The molecule has 0 radical (unpaired) electrons. The third-order valence-corrected chi connectivity index (χ3v) is 3.90. The molecule has 0 spiro atoms. The van der Waals surface area contributed by atoms with E-state index in [2.05, 4.69) is 18.7 Å². The van der Waals surface area contributed by atoms with Crippen LogP contribution in [0.25, 0.3) is 0 Å². The minimum Gasteiger partial charge on any atom is -0.480 e. The van der Waals surface area contributed by atoms with E-state index >= 15 is 0 Å². The summed E-state index contributed by atoms with van der Waals surface area (Å²) in [6.45, 7) is 4.62. The molecule has 1 fully saturated rings. The van der Waals surface area contributed by atoms with Gasteiger partial charge in [-0.1, -0.05) is 39.0 Å². The molecule has 0 aromatic heterocycles. The topological polar surface area (TPSA) is 40.5 Å². The third-order valence-electron chi connectivity index (χ3n) is 3.90. The molecule has 100 valence electrons. The minimum absolute atomic E-state index is 0.220. The molecule has 0 aromatic carbocycles. The van der Waals surface area contributed by atoms with Gasteiger partial charge < -0.3 is 5.11 Å². The van der Waals surface area contributed by atoms with Crippen LogP contribution in [0.5, 0.6) is 0 Å². The Balaban J connectivity index is 2.45. The molecule has 1 aliphatic carbocycles. The van der Waals surface area contributed by atoms with Crippen LogP contribution in [0.1, 0.15) is 65.2 Å². The zero-order valence-electron chi connectivity index (χ0n) is 11.3. The molecule has 17 heavy (non-hydrogen) atoms. The number of rotatable bonds is 8. The second-order valence-electron chi connectivity index (χ2n) is 5.35. The summed E-state index contributed by atoms with van der Waals surface area (Å²) in [5, 5.41) is 9.02. The zero-order chi connectivity index (χ0) is 12.7. The number of carbonyl (C=O) groups is 1. The Morgan fingerprint density at radius 2 is 2.00 bits per heavy atom. The van der Waals surface area contributed by atoms with E-state index in [0.29, 0.717) is 12.1 Å². The van der Waals surface area contributed by atoms with Crippen molar-refractivity contribution in [2.75, 3.05) is 6.54 Å². The Labute approximate surface area is 105 Å². The van der Waals surface area contributed by atoms with Gasteiger partial charge in [-0.15, -0.1) is 0 Å². The fraction of sp³-hybridized carbons (Fsp3) is 0.929. The number of aliphatic carboxylic acids is 1. The second-order valence-corrected chi connectivity index (χ2v) is 5.35. The maximum atomic E-state index is 11.0. The largest absolute Gasteiger partial charge is 0.480 e. The molecule has 0 saturated heterocycles. The summed E-state index contributed by atoms with van der Waals surface area (Å²) in [4.78, 5) is 13.2. The van der Waals surface area contributed by atoms with Crippen molar-refractivity contribution in [3.8, 4) is 0 Å². The van der Waals surface area contributed by atoms with Gasteiger partial charge in [0.15, 0.2) is 0 Å². The zero-order valence-corrected chi connectivity index (χ0v) is 11.3. The van der Waals surface area contributed by atoms with Crippen molar-refractivity contribution < 1.29 is 9.90 Å². The smallest absolute Gasteiger partial charge is 0.317 e. The molecule has 0 aromatic rings. The fourth-order valence-electron chi connectivity index (χ4n) is 2.89. The predicted molar refractivity (Wildman–Crippen MR) is 70.2 cm³/mol. The van der Waals surface area contributed by atoms with E-state index < -0.39 is 5.97 Å². The number of hydrogen-bond donors (Lipinski definition) is 1. The molecule has 1 aliphatic rings. The molecule has 1 N–H and O–H groups in total. The van der Waals surface area contributed by atoms with E-state index in [1.165, 1.54) is 44.9 Å². The van der Waals surface area contributed by atoms with Crippen LogP contribution < -0.4 is 0 Å². The maximum Gasteiger partial charge on any atom is 0.317 e. The lowest BCUT2D eigenvalue weighted by atomic mass is 10.1. The van der Waals surface area contributed by atoms with Crippen LogP contribution in [0.2, 0.25) is 0 Å². The molecule has 1 atom stereocenters. The van der Waals surface area contributed by atoms with Gasteiger partial charge in [0.05, 0.1) is 6.54 Å². The Hall–Kier alpha value is -0.570. The lowest BCUT2D eigenvalue weighted by Gasteiger charge is -2.33. The van der Waals surface area contributed by atoms with Crippen molar-refractivity contribution in [1.82, 2.24) is 4.90 Å². The van der Waals surface area contributed by atoms with Crippen molar-refractivity contribution in [2.45, 2.75) is 77.3 Å². The van der Waals surface area contributed by atoms with Crippen LogP contribution in [0, 0.1) is 0 Å². The van der Waals surface area contributed by atoms with Crippen molar-refractivity contribution >= 4 is 5.97 Å². The average molecular weight is 241 g/mol. The van der Waals surface area contributed by atoms with Gasteiger partial charge in [0, 0.05) is 12.1 Å². The average Bonchev–Trinajstić information content (AvgIpc) is 2.79. The van der Waals surface area contributed by atoms with Crippen LogP contribution in [0.3, 0.4) is 0 Å². The fourth-order valence-corrected chi connectivity index (χ4v) is 2.89. The monoisotopic (exact) mass is 241 g/mol. The van der Waals surface area contributed by atoms with Gasteiger partial charge in [-0.05, 0) is 26.2 Å². The molecule has 1 unspecified atom stereocenters. The molecular formula is C14H27NO2. The van der Waals surface area contributed by atoms with Crippen LogP contribution >= 0.6 is 0 Å². The SMILES string of the molecule is CCCCCC(C)N(CC(=O)O)C1CCCC1. The summed E-state index contributed by atoms with van der Waals surface area (Å²) >= 11 is 0. The Morgan fingerprint density at radius 1 is 1.35 bits per heavy atom. The highest BCUT2D eigenvalue weighted by Gasteiger charge is 2.27. The number of carboxylic acid groups (broad SMARTS) is 1. The van der Waals surface area contributed by atoms with E-state index in [9.17, 15) is 4.79 Å². The summed E-state index contributed by atoms with van der Waals surface area (Å²) in [7, 11) is 0. The molecule has 0 heterocycles. The standard InChI is InChI=1S/C14H27NO2/c1-3-4-5-8-12(2)15(11-14(16)17)13-9-6-7-10-13/h12-13H,3-11H2,1-2H3,(H,16,17). The summed E-state index contributed by atoms with van der Waals surface area (Å²) in [5.74, 6) is -0.681. The highest BCUT2D eigenvalue weighted by molar-refractivity contribution is 5.69. The van der Waals surface area contributed by atoms with Crippen molar-refractivity contribution in [1.29, 1.82) is 0 Å². The summed E-state index contributed by atoms with van der Waals surface area (Å²) < 4.78 is 0. The Kier molecular flexibility index (Phi) is 6.56. The first-order valence-electron chi connectivity index (χ1n) is 7.12. The van der Waals surface area contributed by atoms with Crippen LogP contribution in [-0.4, -0.2) is 34.6 Å². The molecule has 0 amide bonds. The molecule has 0 aliphatic heterocycles. The van der Waals surface area contributed by atoms with Crippen LogP contribution in [-0.2, 0) is 4.79 Å². The summed E-state index contributed by atoms with van der Waals surface area (Å²) in [6, 6.07) is 0.934. The quantitative estimate of drug-likeness (QED) is 0.663. The first-order chi connectivity index (χ1) is 8.15. The minimum atomic E-state index is -0.681. The van der Waals surface area contributed by atoms with Gasteiger partial charge in [-0.25, -0.2) is 0 Å². The molecular weight excluding hydrogens is 214 g/mol. The molecule has 1 rings (SSSR count). The van der Waals surface area contributed by atoms with Gasteiger partial charge in [-0.3, -0.25) is 9.69 Å². The van der Waals surface area contributed by atoms with E-state index in [-0.39, 0.29) is 6.54 Å². The number of carboxylic acids is 1. The van der Waals surface area contributed by atoms with E-state index in [4.69, 9.17) is 5.11 Å². The van der Waals surface area contributed by atoms with Gasteiger partial charge in [-0.2, -0.15) is 0 Å². The Bertz CT molecular complexity index is 224. The van der Waals surface area contributed by atoms with E-state index in [0.717, 1.165) is 6.42 Å². The maximum absolute atomic E-state index is 11.0. The summed E-state index contributed by atoms with van der Waals surface area (Å²) in [5.41, 5.74) is 0. The first-order valence-corrected chi connectivity index (χ1v) is 7.12. The number of unbranched alkanes of at least 4 members (excludes halogenated alkanes) is 2. The second kappa shape index (κ2) is 7.70.